The number of aromatic nitrogens is 1. The lowest BCUT2D eigenvalue weighted by Gasteiger charge is -2.10. The third kappa shape index (κ3) is 2.73. The van der Waals surface area contributed by atoms with Gasteiger partial charge in [0.25, 0.3) is 0 Å². The summed E-state index contributed by atoms with van der Waals surface area (Å²) in [6.07, 6.45) is -0.884. The molecule has 1 heterocycles. The summed E-state index contributed by atoms with van der Waals surface area (Å²) in [4.78, 5) is 5.34. The van der Waals surface area contributed by atoms with Gasteiger partial charge in [-0.25, -0.2) is 13.8 Å². The molecule has 0 saturated heterocycles. The van der Waals surface area contributed by atoms with Crippen LogP contribution in [0.5, 0.6) is 0 Å². The van der Waals surface area contributed by atoms with E-state index >= 15 is 0 Å². The van der Waals surface area contributed by atoms with Crippen LogP contribution in [0, 0.1) is 25.5 Å². The van der Waals surface area contributed by atoms with Crippen LogP contribution in [-0.2, 0) is 6.42 Å². The molecular weight excluding hydrogens is 256 g/mol. The third-order valence-corrected chi connectivity index (χ3v) is 3.85. The van der Waals surface area contributed by atoms with Crippen LogP contribution in [0.4, 0.5) is 8.78 Å². The summed E-state index contributed by atoms with van der Waals surface area (Å²) in [6.45, 7) is 3.82. The van der Waals surface area contributed by atoms with E-state index in [-0.39, 0.29) is 12.0 Å². The zero-order chi connectivity index (χ0) is 13.3. The van der Waals surface area contributed by atoms with Crippen molar-refractivity contribution in [2.75, 3.05) is 0 Å². The number of aryl methyl sites for hydroxylation is 2. The lowest BCUT2D eigenvalue weighted by atomic mass is 10.1. The number of hydrogen-bond acceptors (Lipinski definition) is 3. The normalized spacial score (nSPS) is 12.7. The smallest absolute Gasteiger partial charge is 0.129 e. The fourth-order valence-electron chi connectivity index (χ4n) is 1.67. The summed E-state index contributed by atoms with van der Waals surface area (Å²) in [5.41, 5.74) is 0.877. The van der Waals surface area contributed by atoms with E-state index in [4.69, 9.17) is 0 Å². The van der Waals surface area contributed by atoms with Crippen LogP contribution in [0.25, 0.3) is 0 Å². The quantitative estimate of drug-likeness (QED) is 0.927. The zero-order valence-corrected chi connectivity index (χ0v) is 10.9. The second kappa shape index (κ2) is 5.12. The summed E-state index contributed by atoms with van der Waals surface area (Å²) >= 11 is 1.46. The standard InChI is InChI=1S/C13H13F2NOS/c1-7-8(2)18-13(16-7)6-12(17)10-5-9(14)3-4-11(10)15/h3-5,12,17H,6H2,1-2H3. The van der Waals surface area contributed by atoms with Gasteiger partial charge in [0.1, 0.15) is 11.6 Å². The molecule has 18 heavy (non-hydrogen) atoms. The van der Waals surface area contributed by atoms with Crippen molar-refractivity contribution in [3.63, 3.8) is 0 Å². The van der Waals surface area contributed by atoms with Gasteiger partial charge in [0, 0.05) is 16.9 Å². The maximum Gasteiger partial charge on any atom is 0.129 e. The molecule has 1 atom stereocenters. The van der Waals surface area contributed by atoms with E-state index in [0.29, 0.717) is 0 Å². The highest BCUT2D eigenvalue weighted by Gasteiger charge is 2.16. The molecule has 0 spiro atoms. The molecule has 0 aliphatic rings. The highest BCUT2D eigenvalue weighted by Crippen LogP contribution is 2.25. The lowest BCUT2D eigenvalue weighted by Crippen LogP contribution is -2.05. The Morgan fingerprint density at radius 2 is 2.06 bits per heavy atom. The molecule has 5 heteroatoms. The zero-order valence-electron chi connectivity index (χ0n) is 10.1. The first-order chi connectivity index (χ1) is 8.47. The Hall–Kier alpha value is -1.33. The molecule has 2 rings (SSSR count). The molecule has 2 aromatic rings. The summed E-state index contributed by atoms with van der Waals surface area (Å²) in [6, 6.07) is 3.07. The fourth-order valence-corrected chi connectivity index (χ4v) is 2.64. The Balaban J connectivity index is 2.21. The molecule has 0 amide bonds. The van der Waals surface area contributed by atoms with Gasteiger partial charge < -0.3 is 5.11 Å². The van der Waals surface area contributed by atoms with Crippen LogP contribution >= 0.6 is 11.3 Å². The monoisotopic (exact) mass is 269 g/mol. The predicted octanol–water partition coefficient (Wildman–Crippen LogP) is 3.31. The Bertz CT molecular complexity index is 549. The summed E-state index contributed by atoms with van der Waals surface area (Å²) in [5, 5.41) is 10.7. The maximum absolute atomic E-state index is 13.5. The van der Waals surface area contributed by atoms with Crippen molar-refractivity contribution in [3.8, 4) is 0 Å². The van der Waals surface area contributed by atoms with Crippen LogP contribution in [0.1, 0.15) is 27.2 Å². The second-order valence-corrected chi connectivity index (χ2v) is 5.42. The average molecular weight is 269 g/mol. The van der Waals surface area contributed by atoms with E-state index in [1.165, 1.54) is 11.3 Å². The highest BCUT2D eigenvalue weighted by atomic mass is 32.1. The minimum Gasteiger partial charge on any atom is -0.388 e. The number of nitrogens with zero attached hydrogens (tertiary/aromatic N) is 1. The van der Waals surface area contributed by atoms with Crippen LogP contribution in [0.2, 0.25) is 0 Å². The summed E-state index contributed by atoms with van der Waals surface area (Å²) in [7, 11) is 0. The van der Waals surface area contributed by atoms with Crippen LogP contribution in [-0.4, -0.2) is 10.1 Å². The molecule has 0 saturated carbocycles. The first-order valence-electron chi connectivity index (χ1n) is 5.53. The van der Waals surface area contributed by atoms with Gasteiger partial charge in [-0.1, -0.05) is 0 Å². The van der Waals surface area contributed by atoms with Crippen molar-refractivity contribution < 1.29 is 13.9 Å². The van der Waals surface area contributed by atoms with Crippen molar-refractivity contribution >= 4 is 11.3 Å². The lowest BCUT2D eigenvalue weighted by molar-refractivity contribution is 0.173. The predicted molar refractivity (Wildman–Crippen MR) is 66.6 cm³/mol. The minimum atomic E-state index is -1.08. The van der Waals surface area contributed by atoms with Gasteiger partial charge in [-0.15, -0.1) is 11.3 Å². The molecule has 0 aliphatic carbocycles. The molecule has 2 nitrogen and oxygen atoms in total. The molecule has 0 aliphatic heterocycles. The van der Waals surface area contributed by atoms with Crippen molar-refractivity contribution in [2.45, 2.75) is 26.4 Å². The van der Waals surface area contributed by atoms with Gasteiger partial charge in [0.05, 0.1) is 16.8 Å². The number of thiazole rings is 1. The Kier molecular flexibility index (Phi) is 3.73. The average Bonchev–Trinajstić information content (AvgIpc) is 2.61. The number of halogens is 2. The molecule has 1 unspecified atom stereocenters. The molecule has 1 aromatic heterocycles. The fraction of sp³-hybridized carbons (Fsp3) is 0.308. The number of hydrogen-bond donors (Lipinski definition) is 1. The highest BCUT2D eigenvalue weighted by molar-refractivity contribution is 7.11. The minimum absolute atomic E-state index is 0.0273. The largest absolute Gasteiger partial charge is 0.388 e. The first-order valence-corrected chi connectivity index (χ1v) is 6.35. The molecule has 0 bridgehead atoms. The van der Waals surface area contributed by atoms with E-state index in [1.807, 2.05) is 13.8 Å². The maximum atomic E-state index is 13.5. The van der Waals surface area contributed by atoms with E-state index in [1.54, 1.807) is 0 Å². The summed E-state index contributed by atoms with van der Waals surface area (Å²) < 4.78 is 26.5. The Morgan fingerprint density at radius 1 is 1.33 bits per heavy atom. The molecule has 1 aromatic carbocycles. The number of aliphatic hydroxyl groups is 1. The van der Waals surface area contributed by atoms with E-state index < -0.39 is 17.7 Å². The van der Waals surface area contributed by atoms with E-state index in [0.717, 1.165) is 33.8 Å². The Morgan fingerprint density at radius 3 is 2.67 bits per heavy atom. The number of aliphatic hydroxyl groups excluding tert-OH is 1. The van der Waals surface area contributed by atoms with Crippen LogP contribution in [0.3, 0.4) is 0 Å². The number of benzene rings is 1. The van der Waals surface area contributed by atoms with E-state index in [2.05, 4.69) is 4.98 Å². The van der Waals surface area contributed by atoms with Crippen LogP contribution < -0.4 is 0 Å². The molecule has 1 N–H and O–H groups in total. The van der Waals surface area contributed by atoms with Gasteiger partial charge in [-0.3, -0.25) is 0 Å². The SMILES string of the molecule is Cc1nc(CC(O)c2cc(F)ccc2F)sc1C. The summed E-state index contributed by atoms with van der Waals surface area (Å²) in [5.74, 6) is -1.16. The van der Waals surface area contributed by atoms with Gasteiger partial charge >= 0.3 is 0 Å². The van der Waals surface area contributed by atoms with Crippen molar-refractivity contribution in [2.24, 2.45) is 0 Å². The topological polar surface area (TPSA) is 33.1 Å². The van der Waals surface area contributed by atoms with Gasteiger partial charge in [-0.05, 0) is 32.0 Å². The molecular formula is C13H13F2NOS. The number of rotatable bonds is 3. The molecule has 96 valence electrons. The van der Waals surface area contributed by atoms with Gasteiger partial charge in [-0.2, -0.15) is 0 Å². The molecule has 0 radical (unpaired) electrons. The Labute approximate surface area is 108 Å². The van der Waals surface area contributed by atoms with Crippen molar-refractivity contribution in [1.29, 1.82) is 0 Å². The van der Waals surface area contributed by atoms with Gasteiger partial charge in [0.15, 0.2) is 0 Å². The van der Waals surface area contributed by atoms with Gasteiger partial charge in [0.2, 0.25) is 0 Å². The van der Waals surface area contributed by atoms with Crippen molar-refractivity contribution in [1.82, 2.24) is 4.98 Å². The van der Waals surface area contributed by atoms with E-state index in [9.17, 15) is 13.9 Å². The van der Waals surface area contributed by atoms with Crippen molar-refractivity contribution in [3.05, 3.63) is 51.0 Å². The second-order valence-electron chi connectivity index (χ2n) is 4.13. The molecule has 0 fully saturated rings. The first kappa shape index (κ1) is 13.1. The third-order valence-electron chi connectivity index (χ3n) is 2.76. The van der Waals surface area contributed by atoms with Crippen LogP contribution in [0.15, 0.2) is 18.2 Å².